The molecule has 0 amide bonds. The number of allylic oxidation sites excluding steroid dienone is 3. The van der Waals surface area contributed by atoms with Gasteiger partial charge in [0.1, 0.15) is 0 Å². The summed E-state index contributed by atoms with van der Waals surface area (Å²) >= 11 is 0. The minimum Gasteiger partial charge on any atom is -0.504 e. The Kier molecular flexibility index (Phi) is 14.4. The van der Waals surface area contributed by atoms with Crippen LogP contribution >= 0.6 is 0 Å². The van der Waals surface area contributed by atoms with Crippen LogP contribution in [0.3, 0.4) is 0 Å². The van der Waals surface area contributed by atoms with E-state index < -0.39 is 23.2 Å². The van der Waals surface area contributed by atoms with Gasteiger partial charge < -0.3 is 20.4 Å². The van der Waals surface area contributed by atoms with Crippen LogP contribution in [0.1, 0.15) is 84.0 Å². The molecule has 0 heterocycles. The molecule has 144 valence electrons. The molecule has 0 spiro atoms. The van der Waals surface area contributed by atoms with Crippen LogP contribution in [0.15, 0.2) is 35.5 Å². The molecular weight excluding hydrogens is 320 g/mol. The Balaban J connectivity index is 3.66. The van der Waals surface area contributed by atoms with Crippen molar-refractivity contribution in [3.05, 3.63) is 35.5 Å². The molecule has 0 aromatic carbocycles. The molecule has 0 aromatic rings. The molecule has 0 rings (SSSR count). The number of hydrogen-bond donors (Lipinski definition) is 4. The highest BCUT2D eigenvalue weighted by molar-refractivity contribution is 5.84. The Labute approximate surface area is 151 Å². The van der Waals surface area contributed by atoms with Gasteiger partial charge in [0.2, 0.25) is 11.5 Å². The Morgan fingerprint density at radius 3 is 1.68 bits per heavy atom. The van der Waals surface area contributed by atoms with Crippen LogP contribution in [0.5, 0.6) is 0 Å². The van der Waals surface area contributed by atoms with Crippen LogP contribution in [-0.2, 0) is 4.79 Å². The molecule has 5 heteroatoms. The summed E-state index contributed by atoms with van der Waals surface area (Å²) in [6.07, 6.45) is 19.6. The van der Waals surface area contributed by atoms with Gasteiger partial charge >= 0.3 is 5.97 Å². The second kappa shape index (κ2) is 15.6. The normalized spacial score (nSPS) is 13.2. The lowest BCUT2D eigenvalue weighted by Gasteiger charge is -2.01. The summed E-state index contributed by atoms with van der Waals surface area (Å²) in [7, 11) is 0. The summed E-state index contributed by atoms with van der Waals surface area (Å²) < 4.78 is 0. The highest BCUT2D eigenvalue weighted by Crippen LogP contribution is 2.12. The van der Waals surface area contributed by atoms with Crippen LogP contribution < -0.4 is 0 Å². The molecule has 0 bridgehead atoms. The number of rotatable bonds is 15. The number of unbranched alkanes of at least 4 members (excludes halogenated alkanes) is 11. The molecule has 25 heavy (non-hydrogen) atoms. The highest BCUT2D eigenvalue weighted by Gasteiger charge is 2.14. The maximum atomic E-state index is 10.4. The summed E-state index contributed by atoms with van der Waals surface area (Å²) in [6.45, 7) is 2.24. The van der Waals surface area contributed by atoms with Crippen molar-refractivity contribution < 1.29 is 25.2 Å². The van der Waals surface area contributed by atoms with Crippen molar-refractivity contribution in [2.75, 3.05) is 0 Å². The third-order valence-electron chi connectivity index (χ3n) is 4.03. The van der Waals surface area contributed by atoms with E-state index >= 15 is 0 Å². The molecule has 0 saturated carbocycles. The van der Waals surface area contributed by atoms with Crippen molar-refractivity contribution in [1.29, 1.82) is 0 Å². The monoisotopic (exact) mass is 354 g/mol. The van der Waals surface area contributed by atoms with Gasteiger partial charge in [-0.2, -0.15) is 0 Å². The molecular formula is C20H34O5. The van der Waals surface area contributed by atoms with Gasteiger partial charge in [-0.1, -0.05) is 83.3 Å². The fourth-order valence-corrected chi connectivity index (χ4v) is 2.48. The predicted octanol–water partition coefficient (Wildman–Crippen LogP) is 6.10. The Bertz CT molecular complexity index is 449. The largest absolute Gasteiger partial charge is 0.504 e. The second-order valence-electron chi connectivity index (χ2n) is 6.31. The summed E-state index contributed by atoms with van der Waals surface area (Å²) in [5.74, 6) is -4.67. The van der Waals surface area contributed by atoms with E-state index in [0.29, 0.717) is 0 Å². The number of carbonyl (C=O) groups is 1. The van der Waals surface area contributed by atoms with Gasteiger partial charge in [-0.3, -0.25) is 0 Å². The third-order valence-corrected chi connectivity index (χ3v) is 4.03. The molecule has 4 N–H and O–H groups in total. The quantitative estimate of drug-likeness (QED) is 0.123. The van der Waals surface area contributed by atoms with Crippen molar-refractivity contribution in [2.45, 2.75) is 84.0 Å². The first-order chi connectivity index (χ1) is 12.0. The van der Waals surface area contributed by atoms with E-state index in [1.54, 1.807) is 0 Å². The fourth-order valence-electron chi connectivity index (χ4n) is 2.48. The van der Waals surface area contributed by atoms with E-state index in [4.69, 9.17) is 10.2 Å². The van der Waals surface area contributed by atoms with E-state index in [9.17, 15) is 15.0 Å². The Morgan fingerprint density at radius 1 is 0.720 bits per heavy atom. The van der Waals surface area contributed by atoms with Gasteiger partial charge in [0.25, 0.3) is 0 Å². The Morgan fingerprint density at radius 2 is 1.20 bits per heavy atom. The fraction of sp³-hybridized carbons (Fsp3) is 0.650. The van der Waals surface area contributed by atoms with E-state index in [-0.39, 0.29) is 0 Å². The van der Waals surface area contributed by atoms with Crippen LogP contribution in [-0.4, -0.2) is 26.4 Å². The smallest absolute Gasteiger partial charge is 0.375 e. The van der Waals surface area contributed by atoms with E-state index in [0.717, 1.165) is 18.9 Å². The minimum atomic E-state index is -1.69. The van der Waals surface area contributed by atoms with Crippen LogP contribution in [0, 0.1) is 0 Å². The van der Waals surface area contributed by atoms with Gasteiger partial charge in [0.05, 0.1) is 0 Å². The lowest BCUT2D eigenvalue weighted by atomic mass is 10.1. The van der Waals surface area contributed by atoms with Gasteiger partial charge in [-0.05, 0) is 18.9 Å². The average molecular weight is 354 g/mol. The first-order valence-corrected chi connectivity index (χ1v) is 9.42. The molecule has 0 aromatic heterocycles. The van der Waals surface area contributed by atoms with Crippen LogP contribution in [0.2, 0.25) is 0 Å². The molecule has 0 saturated heterocycles. The van der Waals surface area contributed by atoms with E-state index in [1.165, 1.54) is 70.3 Å². The van der Waals surface area contributed by atoms with Gasteiger partial charge in [-0.25, -0.2) is 4.79 Å². The number of aliphatic carboxylic acids is 1. The third kappa shape index (κ3) is 13.1. The molecule has 0 aliphatic rings. The molecule has 0 fully saturated rings. The average Bonchev–Trinajstić information content (AvgIpc) is 2.60. The van der Waals surface area contributed by atoms with Crippen molar-refractivity contribution >= 4 is 5.97 Å². The molecule has 0 aliphatic heterocycles. The first kappa shape index (κ1) is 23.1. The summed E-state index contributed by atoms with van der Waals surface area (Å²) in [5, 5.41) is 36.1. The maximum Gasteiger partial charge on any atom is 0.375 e. The predicted molar refractivity (Wildman–Crippen MR) is 101 cm³/mol. The summed E-state index contributed by atoms with van der Waals surface area (Å²) in [6, 6.07) is 0. The van der Waals surface area contributed by atoms with Gasteiger partial charge in [0, 0.05) is 0 Å². The molecule has 0 atom stereocenters. The topological polar surface area (TPSA) is 98.0 Å². The highest BCUT2D eigenvalue weighted by atomic mass is 16.4. The van der Waals surface area contributed by atoms with E-state index in [1.807, 2.05) is 6.08 Å². The minimum absolute atomic E-state index is 0.671. The number of hydrogen-bond acceptors (Lipinski definition) is 4. The van der Waals surface area contributed by atoms with Crippen molar-refractivity contribution in [1.82, 2.24) is 0 Å². The lowest BCUT2D eigenvalue weighted by Crippen LogP contribution is -2.05. The number of aliphatic hydroxyl groups is 3. The molecule has 0 unspecified atom stereocenters. The second-order valence-corrected chi connectivity index (χ2v) is 6.31. The molecule has 0 aliphatic carbocycles. The number of aliphatic hydroxyl groups excluding tert-OH is 3. The van der Waals surface area contributed by atoms with Crippen molar-refractivity contribution in [2.24, 2.45) is 0 Å². The zero-order valence-corrected chi connectivity index (χ0v) is 15.4. The van der Waals surface area contributed by atoms with Gasteiger partial charge in [-0.15, -0.1) is 0 Å². The van der Waals surface area contributed by atoms with Crippen molar-refractivity contribution in [3.8, 4) is 0 Å². The SMILES string of the molecule is CCCCCCCCCCCCCC=CC=C(O)C(O)=C(O)C(=O)O. The summed E-state index contributed by atoms with van der Waals surface area (Å²) in [4.78, 5) is 10.4. The van der Waals surface area contributed by atoms with Crippen LogP contribution in [0.25, 0.3) is 0 Å². The number of carboxylic acid groups (broad SMARTS) is 1. The Hall–Kier alpha value is -1.91. The molecule has 5 nitrogen and oxygen atoms in total. The standard InChI is InChI=1S/C20H34O5/c1-2-3-4-5-6-7-8-9-10-11-12-13-14-15-16-17(21)18(22)19(23)20(24)25/h14-16,21-23H,2-13H2,1H3,(H,24,25). The zero-order chi connectivity index (χ0) is 18.9. The summed E-state index contributed by atoms with van der Waals surface area (Å²) in [5.41, 5.74) is 0. The zero-order valence-electron chi connectivity index (χ0n) is 15.4. The van der Waals surface area contributed by atoms with Crippen LogP contribution in [0.4, 0.5) is 0 Å². The maximum absolute atomic E-state index is 10.4. The van der Waals surface area contributed by atoms with Gasteiger partial charge in [0.15, 0.2) is 5.76 Å². The van der Waals surface area contributed by atoms with Crippen molar-refractivity contribution in [3.63, 3.8) is 0 Å². The number of carboxylic acids is 1. The molecule has 0 radical (unpaired) electrons. The van der Waals surface area contributed by atoms with E-state index in [2.05, 4.69) is 6.92 Å². The first-order valence-electron chi connectivity index (χ1n) is 9.42. The lowest BCUT2D eigenvalue weighted by molar-refractivity contribution is -0.135.